The quantitative estimate of drug-likeness (QED) is 0.692. The van der Waals surface area contributed by atoms with Crippen molar-refractivity contribution in [3.63, 3.8) is 0 Å². The molecule has 1 aromatic heterocycles. The van der Waals surface area contributed by atoms with Crippen molar-refractivity contribution in [1.82, 2.24) is 10.2 Å². The van der Waals surface area contributed by atoms with Crippen molar-refractivity contribution < 1.29 is 18.0 Å². The number of hydrogen-bond donors (Lipinski definition) is 3. The predicted octanol–water partition coefficient (Wildman–Crippen LogP) is 1.26. The van der Waals surface area contributed by atoms with Gasteiger partial charge in [-0.05, 0) is 18.2 Å². The van der Waals surface area contributed by atoms with E-state index >= 15 is 0 Å². The Balaban J connectivity index is 2.19. The minimum absolute atomic E-state index is 0.0878. The van der Waals surface area contributed by atoms with Crippen LogP contribution in [0.3, 0.4) is 0 Å². The number of carbonyl (C=O) groups is 2. The van der Waals surface area contributed by atoms with Crippen molar-refractivity contribution in [3.05, 3.63) is 24.3 Å². The Morgan fingerprint density at radius 1 is 1.04 bits per heavy atom. The summed E-state index contributed by atoms with van der Waals surface area (Å²) in [5.41, 5.74) is 0.710. The summed E-state index contributed by atoms with van der Waals surface area (Å²) in [6.45, 7) is 2.63. The minimum atomic E-state index is -3.94. The van der Waals surface area contributed by atoms with E-state index in [0.29, 0.717) is 5.69 Å². The van der Waals surface area contributed by atoms with Gasteiger partial charge in [0.2, 0.25) is 16.9 Å². The maximum atomic E-state index is 12.2. The number of amides is 2. The second-order valence-electron chi connectivity index (χ2n) is 4.42. The van der Waals surface area contributed by atoms with E-state index in [1.807, 2.05) is 0 Å². The van der Waals surface area contributed by atoms with E-state index in [-0.39, 0.29) is 27.0 Å². The van der Waals surface area contributed by atoms with Crippen LogP contribution in [-0.4, -0.2) is 30.4 Å². The van der Waals surface area contributed by atoms with Gasteiger partial charge in [0, 0.05) is 19.5 Å². The smallest absolute Gasteiger partial charge is 0.291 e. The van der Waals surface area contributed by atoms with Gasteiger partial charge >= 0.3 is 0 Å². The van der Waals surface area contributed by atoms with Crippen molar-refractivity contribution in [2.24, 2.45) is 0 Å². The fourth-order valence-corrected chi connectivity index (χ4v) is 3.58. The highest BCUT2D eigenvalue weighted by molar-refractivity contribution is 7.94. The number of carbonyl (C=O) groups excluding carboxylic acids is 2. The summed E-state index contributed by atoms with van der Waals surface area (Å²) in [5.74, 6) is -0.643. The first-order valence-corrected chi connectivity index (χ1v) is 8.58. The Morgan fingerprint density at radius 3 is 2.35 bits per heavy atom. The second-order valence-corrected chi connectivity index (χ2v) is 7.26. The van der Waals surface area contributed by atoms with Gasteiger partial charge in [0.05, 0.1) is 5.69 Å². The average molecular weight is 355 g/mol. The molecule has 3 N–H and O–H groups in total. The number of aromatic nitrogens is 2. The van der Waals surface area contributed by atoms with E-state index in [4.69, 9.17) is 0 Å². The maximum absolute atomic E-state index is 12.2. The zero-order valence-electron chi connectivity index (χ0n) is 12.2. The number of hydrogen-bond acceptors (Lipinski definition) is 7. The zero-order valence-corrected chi connectivity index (χ0v) is 13.8. The summed E-state index contributed by atoms with van der Waals surface area (Å²) in [7, 11) is -3.94. The molecule has 0 atom stereocenters. The first-order chi connectivity index (χ1) is 10.8. The van der Waals surface area contributed by atoms with E-state index < -0.39 is 10.0 Å². The SMILES string of the molecule is CC(=O)Nc1cccc(NS(=O)(=O)c2nnc(NC(C)=O)s2)c1. The first kappa shape index (κ1) is 16.8. The van der Waals surface area contributed by atoms with Gasteiger partial charge in [-0.15, -0.1) is 10.2 Å². The number of benzene rings is 1. The van der Waals surface area contributed by atoms with E-state index in [2.05, 4.69) is 25.6 Å². The van der Waals surface area contributed by atoms with Crippen LogP contribution in [0.2, 0.25) is 0 Å². The molecule has 0 saturated carbocycles. The molecule has 2 amide bonds. The largest absolute Gasteiger partial charge is 0.326 e. The van der Waals surface area contributed by atoms with E-state index in [0.717, 1.165) is 11.3 Å². The Hall–Kier alpha value is -2.53. The summed E-state index contributed by atoms with van der Waals surface area (Å²) < 4.78 is 26.5. The molecule has 0 fully saturated rings. The Labute approximate surface area is 136 Å². The molecular weight excluding hydrogens is 342 g/mol. The molecule has 0 aliphatic rings. The van der Waals surface area contributed by atoms with Gasteiger partial charge < -0.3 is 10.6 Å². The molecule has 0 bridgehead atoms. The lowest BCUT2D eigenvalue weighted by Crippen LogP contribution is -2.13. The van der Waals surface area contributed by atoms with Crippen molar-refractivity contribution in [2.75, 3.05) is 15.4 Å². The molecule has 9 nitrogen and oxygen atoms in total. The molecule has 2 rings (SSSR count). The molecule has 1 aromatic carbocycles. The Morgan fingerprint density at radius 2 is 1.70 bits per heavy atom. The third-order valence-corrected chi connectivity index (χ3v) is 4.94. The summed E-state index contributed by atoms with van der Waals surface area (Å²) in [4.78, 5) is 21.9. The van der Waals surface area contributed by atoms with Gasteiger partial charge in [0.15, 0.2) is 0 Å². The summed E-state index contributed by atoms with van der Waals surface area (Å²) >= 11 is 0.728. The van der Waals surface area contributed by atoms with Crippen LogP contribution in [0.1, 0.15) is 13.8 Å². The number of anilines is 3. The van der Waals surface area contributed by atoms with Crippen LogP contribution in [0, 0.1) is 0 Å². The molecule has 1 heterocycles. The van der Waals surface area contributed by atoms with Crippen LogP contribution in [0.15, 0.2) is 28.6 Å². The Kier molecular flexibility index (Phi) is 4.91. The van der Waals surface area contributed by atoms with E-state index in [9.17, 15) is 18.0 Å². The summed E-state index contributed by atoms with van der Waals surface area (Å²) in [6.07, 6.45) is 0. The van der Waals surface area contributed by atoms with Gasteiger partial charge in [-0.2, -0.15) is 8.42 Å². The normalized spacial score (nSPS) is 10.9. The third kappa shape index (κ3) is 4.72. The predicted molar refractivity (Wildman–Crippen MR) is 85.8 cm³/mol. The van der Waals surface area contributed by atoms with Crippen LogP contribution in [0.25, 0.3) is 0 Å². The van der Waals surface area contributed by atoms with E-state index in [1.54, 1.807) is 12.1 Å². The lowest BCUT2D eigenvalue weighted by molar-refractivity contribution is -0.115. The molecule has 0 saturated heterocycles. The van der Waals surface area contributed by atoms with E-state index in [1.165, 1.54) is 26.0 Å². The van der Waals surface area contributed by atoms with Gasteiger partial charge in [0.1, 0.15) is 0 Å². The fraction of sp³-hybridized carbons (Fsp3) is 0.167. The van der Waals surface area contributed by atoms with Gasteiger partial charge in [-0.3, -0.25) is 14.3 Å². The Bertz CT molecular complexity index is 847. The molecule has 0 aliphatic carbocycles. The molecule has 0 aliphatic heterocycles. The zero-order chi connectivity index (χ0) is 17.0. The highest BCUT2D eigenvalue weighted by Gasteiger charge is 2.21. The van der Waals surface area contributed by atoms with Crippen molar-refractivity contribution in [3.8, 4) is 0 Å². The number of rotatable bonds is 5. The molecule has 23 heavy (non-hydrogen) atoms. The van der Waals surface area contributed by atoms with Crippen LogP contribution in [0.4, 0.5) is 16.5 Å². The molecule has 122 valence electrons. The highest BCUT2D eigenvalue weighted by atomic mass is 32.2. The number of sulfonamides is 1. The number of nitrogens with zero attached hydrogens (tertiary/aromatic N) is 2. The lowest BCUT2D eigenvalue weighted by atomic mass is 10.3. The average Bonchev–Trinajstić information content (AvgIpc) is 2.86. The number of nitrogens with one attached hydrogen (secondary N) is 3. The highest BCUT2D eigenvalue weighted by Crippen LogP contribution is 2.23. The van der Waals surface area contributed by atoms with Gasteiger partial charge in [0.25, 0.3) is 14.4 Å². The standard InChI is InChI=1S/C12H13N5O4S2/c1-7(18)13-9-4-3-5-10(6-9)17-23(20,21)12-16-15-11(22-12)14-8(2)19/h3-6,17H,1-2H3,(H,13,18)(H,14,15,19). The molecule has 0 spiro atoms. The summed E-state index contributed by atoms with van der Waals surface area (Å²) in [6, 6.07) is 6.21. The molecule has 0 radical (unpaired) electrons. The van der Waals surface area contributed by atoms with Crippen molar-refractivity contribution in [1.29, 1.82) is 0 Å². The monoisotopic (exact) mass is 355 g/mol. The topological polar surface area (TPSA) is 130 Å². The minimum Gasteiger partial charge on any atom is -0.326 e. The lowest BCUT2D eigenvalue weighted by Gasteiger charge is -2.07. The van der Waals surface area contributed by atoms with Crippen LogP contribution in [-0.2, 0) is 19.6 Å². The van der Waals surface area contributed by atoms with Crippen LogP contribution in [0.5, 0.6) is 0 Å². The first-order valence-electron chi connectivity index (χ1n) is 6.28. The van der Waals surface area contributed by atoms with Crippen LogP contribution >= 0.6 is 11.3 Å². The molecule has 11 heteroatoms. The molecular formula is C12H13N5O4S2. The van der Waals surface area contributed by atoms with Crippen molar-refractivity contribution in [2.45, 2.75) is 18.2 Å². The van der Waals surface area contributed by atoms with Crippen LogP contribution < -0.4 is 15.4 Å². The third-order valence-electron chi connectivity index (χ3n) is 2.35. The second kappa shape index (κ2) is 6.71. The molecule has 2 aromatic rings. The summed E-state index contributed by atoms with van der Waals surface area (Å²) in [5, 5.41) is 12.1. The fourth-order valence-electron chi connectivity index (χ4n) is 1.58. The van der Waals surface area contributed by atoms with Crippen molar-refractivity contribution >= 4 is 49.7 Å². The van der Waals surface area contributed by atoms with Gasteiger partial charge in [-0.25, -0.2) is 0 Å². The van der Waals surface area contributed by atoms with Gasteiger partial charge in [-0.1, -0.05) is 17.4 Å². The molecule has 0 unspecified atom stereocenters. The maximum Gasteiger partial charge on any atom is 0.291 e.